The Kier molecular flexibility index (Phi) is 12.4. The zero-order valence-corrected chi connectivity index (χ0v) is 13.6. The van der Waals surface area contributed by atoms with E-state index in [-0.39, 0.29) is 17.4 Å². The Hall–Kier alpha value is -0.840. The molecule has 3 nitrogen and oxygen atoms in total. The molecule has 0 aliphatic heterocycles. The smallest absolute Gasteiger partial charge is 0.311 e. The maximum atomic E-state index is 12.7. The summed E-state index contributed by atoms with van der Waals surface area (Å²) in [7, 11) is 0. The number of carbonyl (C=O) groups is 2. The van der Waals surface area contributed by atoms with Crippen LogP contribution < -0.4 is 4.74 Å². The zero-order valence-electron chi connectivity index (χ0n) is 11.3. The molecule has 0 N–H and O–H groups in total. The Morgan fingerprint density at radius 1 is 1.10 bits per heavy atom. The molecule has 0 aromatic heterocycles. The first kappa shape index (κ1) is 20.2. The topological polar surface area (TPSA) is 43.4 Å². The van der Waals surface area contributed by atoms with Gasteiger partial charge in [-0.3, -0.25) is 9.59 Å². The predicted octanol–water partition coefficient (Wildman–Crippen LogP) is 4.52. The van der Waals surface area contributed by atoms with Crippen molar-refractivity contribution >= 4 is 46.0 Å². The van der Waals surface area contributed by atoms with Gasteiger partial charge in [0.05, 0.1) is 0 Å². The SMILES string of the molecule is O=C(CCCCl)Oc1cccc(F)c1.O=C(Cl)CCCCl. The molecular weight excluding hydrogens is 342 g/mol. The van der Waals surface area contributed by atoms with Crippen molar-refractivity contribution in [3.63, 3.8) is 0 Å². The van der Waals surface area contributed by atoms with E-state index in [0.717, 1.165) is 0 Å². The highest BCUT2D eigenvalue weighted by atomic mass is 35.5. The third-order valence-corrected chi connectivity index (χ3v) is 2.77. The van der Waals surface area contributed by atoms with Crippen LogP contribution in [0.1, 0.15) is 25.7 Å². The Morgan fingerprint density at radius 3 is 2.19 bits per heavy atom. The summed E-state index contributed by atoms with van der Waals surface area (Å²) >= 11 is 15.6. The van der Waals surface area contributed by atoms with E-state index in [1.807, 2.05) is 0 Å². The normalized spacial score (nSPS) is 9.52. The molecule has 0 aliphatic carbocycles. The second-order valence-electron chi connectivity index (χ2n) is 3.87. The van der Waals surface area contributed by atoms with Crippen molar-refractivity contribution < 1.29 is 18.7 Å². The van der Waals surface area contributed by atoms with Gasteiger partial charge >= 0.3 is 5.97 Å². The third kappa shape index (κ3) is 12.6. The number of benzene rings is 1. The van der Waals surface area contributed by atoms with Gasteiger partial charge in [-0.2, -0.15) is 0 Å². The van der Waals surface area contributed by atoms with Crippen LogP contribution in [0.4, 0.5) is 4.39 Å². The van der Waals surface area contributed by atoms with Gasteiger partial charge in [0, 0.05) is 30.7 Å². The van der Waals surface area contributed by atoms with Crippen molar-refractivity contribution in [3.8, 4) is 5.75 Å². The van der Waals surface area contributed by atoms with Crippen LogP contribution in [0, 0.1) is 5.82 Å². The Labute approximate surface area is 138 Å². The average Bonchev–Trinajstić information content (AvgIpc) is 2.43. The minimum absolute atomic E-state index is 0.226. The molecule has 1 aromatic rings. The van der Waals surface area contributed by atoms with Crippen molar-refractivity contribution in [2.75, 3.05) is 11.8 Å². The minimum Gasteiger partial charge on any atom is -0.426 e. The molecule has 0 fully saturated rings. The second-order valence-corrected chi connectivity index (χ2v) is 5.05. The average molecular weight is 358 g/mol. The molecule has 1 aromatic carbocycles. The van der Waals surface area contributed by atoms with Gasteiger partial charge in [0.1, 0.15) is 11.6 Å². The van der Waals surface area contributed by atoms with Crippen LogP contribution in [-0.4, -0.2) is 23.0 Å². The number of carbonyl (C=O) groups excluding carboxylic acids is 2. The van der Waals surface area contributed by atoms with Gasteiger partial charge in [-0.1, -0.05) is 6.07 Å². The first-order valence-electron chi connectivity index (χ1n) is 6.26. The van der Waals surface area contributed by atoms with Gasteiger partial charge in [-0.15, -0.1) is 23.2 Å². The van der Waals surface area contributed by atoms with Crippen molar-refractivity contribution in [3.05, 3.63) is 30.1 Å². The number of hydrogen-bond acceptors (Lipinski definition) is 3. The fraction of sp³-hybridized carbons (Fsp3) is 0.429. The van der Waals surface area contributed by atoms with E-state index in [2.05, 4.69) is 0 Å². The van der Waals surface area contributed by atoms with E-state index >= 15 is 0 Å². The van der Waals surface area contributed by atoms with E-state index in [4.69, 9.17) is 39.5 Å². The Balaban J connectivity index is 0.000000486. The summed E-state index contributed by atoms with van der Waals surface area (Å²) in [5.41, 5.74) is 0. The minimum atomic E-state index is -0.423. The van der Waals surface area contributed by atoms with Crippen LogP contribution >= 0.6 is 34.8 Å². The molecule has 0 unspecified atom stereocenters. The first-order chi connectivity index (χ1) is 9.99. The maximum absolute atomic E-state index is 12.7. The lowest BCUT2D eigenvalue weighted by atomic mass is 10.3. The lowest BCUT2D eigenvalue weighted by Crippen LogP contribution is -2.07. The van der Waals surface area contributed by atoms with E-state index in [1.54, 1.807) is 0 Å². The lowest BCUT2D eigenvalue weighted by molar-refractivity contribution is -0.134. The number of halogens is 4. The van der Waals surface area contributed by atoms with E-state index in [1.165, 1.54) is 24.3 Å². The van der Waals surface area contributed by atoms with Crippen LogP contribution in [0.2, 0.25) is 0 Å². The van der Waals surface area contributed by atoms with E-state index in [9.17, 15) is 14.0 Å². The fourth-order valence-electron chi connectivity index (χ4n) is 1.13. The fourth-order valence-corrected chi connectivity index (χ4v) is 1.53. The molecule has 0 atom stereocenters. The molecule has 0 amide bonds. The predicted molar refractivity (Wildman–Crippen MR) is 82.8 cm³/mol. The molecule has 0 radical (unpaired) electrons. The molecule has 7 heteroatoms. The molecule has 0 bridgehead atoms. The van der Waals surface area contributed by atoms with Gasteiger partial charge in [-0.05, 0) is 36.6 Å². The zero-order chi connectivity index (χ0) is 16.1. The van der Waals surface area contributed by atoms with Crippen LogP contribution in [0.5, 0.6) is 5.75 Å². The molecule has 0 aliphatic rings. The largest absolute Gasteiger partial charge is 0.426 e. The van der Waals surface area contributed by atoms with Crippen molar-refractivity contribution in [2.24, 2.45) is 0 Å². The van der Waals surface area contributed by atoms with Crippen molar-refractivity contribution in [1.29, 1.82) is 0 Å². The van der Waals surface area contributed by atoms with Crippen LogP contribution in [-0.2, 0) is 9.59 Å². The van der Waals surface area contributed by atoms with Crippen LogP contribution in [0.25, 0.3) is 0 Å². The number of rotatable bonds is 7. The maximum Gasteiger partial charge on any atom is 0.311 e. The van der Waals surface area contributed by atoms with Gasteiger partial charge < -0.3 is 4.74 Å². The summed E-state index contributed by atoms with van der Waals surface area (Å²) in [6.45, 7) is 0. The number of ether oxygens (including phenoxy) is 1. The van der Waals surface area contributed by atoms with Gasteiger partial charge in [0.15, 0.2) is 0 Å². The number of hydrogen-bond donors (Lipinski definition) is 0. The molecule has 21 heavy (non-hydrogen) atoms. The Bertz CT molecular complexity index is 441. The molecule has 0 saturated carbocycles. The molecule has 118 valence electrons. The Morgan fingerprint density at radius 2 is 1.71 bits per heavy atom. The van der Waals surface area contributed by atoms with Crippen LogP contribution in [0.15, 0.2) is 24.3 Å². The molecule has 0 spiro atoms. The van der Waals surface area contributed by atoms with Gasteiger partial charge in [-0.25, -0.2) is 4.39 Å². The summed E-state index contributed by atoms with van der Waals surface area (Å²) < 4.78 is 17.5. The second kappa shape index (κ2) is 12.9. The van der Waals surface area contributed by atoms with Crippen molar-refractivity contribution in [1.82, 2.24) is 0 Å². The first-order valence-corrected chi connectivity index (χ1v) is 7.70. The lowest BCUT2D eigenvalue weighted by Gasteiger charge is -2.02. The summed E-state index contributed by atoms with van der Waals surface area (Å²) in [5, 5.41) is -0.305. The number of esters is 1. The summed E-state index contributed by atoms with van der Waals surface area (Å²) in [4.78, 5) is 21.0. The van der Waals surface area contributed by atoms with Gasteiger partial charge in [0.25, 0.3) is 0 Å². The molecular formula is C14H16Cl3FO3. The summed E-state index contributed by atoms with van der Waals surface area (Å²) in [6.07, 6.45) is 1.89. The summed E-state index contributed by atoms with van der Waals surface area (Å²) in [5.74, 6) is 0.338. The van der Waals surface area contributed by atoms with E-state index in [0.29, 0.717) is 31.0 Å². The highest BCUT2D eigenvalue weighted by Crippen LogP contribution is 2.12. The number of alkyl halides is 2. The van der Waals surface area contributed by atoms with Crippen LogP contribution in [0.3, 0.4) is 0 Å². The van der Waals surface area contributed by atoms with Crippen molar-refractivity contribution in [2.45, 2.75) is 25.7 Å². The third-order valence-electron chi connectivity index (χ3n) is 2.05. The monoisotopic (exact) mass is 356 g/mol. The molecule has 1 rings (SSSR count). The highest BCUT2D eigenvalue weighted by molar-refractivity contribution is 6.63. The van der Waals surface area contributed by atoms with Gasteiger partial charge in [0.2, 0.25) is 5.24 Å². The highest BCUT2D eigenvalue weighted by Gasteiger charge is 2.04. The molecule has 0 saturated heterocycles. The molecule has 0 heterocycles. The quantitative estimate of drug-likeness (QED) is 0.312. The van der Waals surface area contributed by atoms with E-state index < -0.39 is 11.8 Å². The summed E-state index contributed by atoms with van der Waals surface area (Å²) in [6, 6.07) is 5.47. The standard InChI is InChI=1S/C10H10ClFO2.C4H6Cl2O/c11-6-2-5-10(13)14-9-4-1-3-8(12)7-9;5-3-1-2-4(6)7/h1,3-4,7H,2,5-6H2;1-3H2.